The molecule has 0 aromatic carbocycles. The van der Waals surface area contributed by atoms with E-state index in [1.807, 2.05) is 6.92 Å². The Balaban J connectivity index is 2.41. The van der Waals surface area contributed by atoms with E-state index in [-0.39, 0.29) is 12.1 Å². The lowest BCUT2D eigenvalue weighted by atomic mass is 10.0. The minimum atomic E-state index is 0.266. The summed E-state index contributed by atoms with van der Waals surface area (Å²) in [6.07, 6.45) is 0.268. The minimum absolute atomic E-state index is 0.266. The number of ether oxygens (including phenoxy) is 1. The normalized spacial score (nSPS) is 43.7. The van der Waals surface area contributed by atoms with Gasteiger partial charge in [-0.2, -0.15) is 0 Å². The molecule has 3 heteroatoms. The zero-order valence-electron chi connectivity index (χ0n) is 5.51. The summed E-state index contributed by atoms with van der Waals surface area (Å²) < 4.78 is 6.45. The third-order valence-corrected chi connectivity index (χ3v) is 2.99. The maximum absolute atomic E-state index is 5.80. The molecular formula is C6H12INO. The van der Waals surface area contributed by atoms with Crippen molar-refractivity contribution in [1.29, 1.82) is 0 Å². The van der Waals surface area contributed by atoms with Crippen molar-refractivity contribution < 1.29 is 4.74 Å². The predicted molar refractivity (Wildman–Crippen MR) is 45.8 cm³/mol. The van der Waals surface area contributed by atoms with Crippen molar-refractivity contribution in [1.82, 2.24) is 0 Å². The second kappa shape index (κ2) is 3.16. The van der Waals surface area contributed by atoms with E-state index in [9.17, 15) is 0 Å². The molecule has 0 aromatic heterocycles. The highest BCUT2D eigenvalue weighted by Crippen LogP contribution is 2.19. The van der Waals surface area contributed by atoms with Crippen LogP contribution in [-0.2, 0) is 4.74 Å². The van der Waals surface area contributed by atoms with Crippen molar-refractivity contribution in [3.63, 3.8) is 0 Å². The van der Waals surface area contributed by atoms with Gasteiger partial charge in [-0.1, -0.05) is 22.6 Å². The fraction of sp³-hybridized carbons (Fsp3) is 1.00. The van der Waals surface area contributed by atoms with Gasteiger partial charge >= 0.3 is 0 Å². The lowest BCUT2D eigenvalue weighted by Gasteiger charge is -2.11. The third-order valence-electron chi connectivity index (χ3n) is 1.86. The summed E-state index contributed by atoms with van der Waals surface area (Å²) >= 11 is 2.35. The molecule has 0 radical (unpaired) electrons. The van der Waals surface area contributed by atoms with E-state index in [0.29, 0.717) is 5.92 Å². The standard InChI is InChI=1S/C6H12INO/c1-4-6(8)5(2-7)3-9-4/h4-6H,2-3,8H2,1H3. The molecule has 1 rings (SSSR count). The molecule has 1 aliphatic heterocycles. The quantitative estimate of drug-likeness (QED) is 0.544. The summed E-state index contributed by atoms with van der Waals surface area (Å²) in [5.74, 6) is 0.584. The van der Waals surface area contributed by atoms with Crippen molar-refractivity contribution in [3.05, 3.63) is 0 Å². The van der Waals surface area contributed by atoms with E-state index in [1.165, 1.54) is 0 Å². The molecule has 0 amide bonds. The van der Waals surface area contributed by atoms with E-state index in [4.69, 9.17) is 10.5 Å². The van der Waals surface area contributed by atoms with Crippen LogP contribution in [0.1, 0.15) is 6.92 Å². The van der Waals surface area contributed by atoms with Gasteiger partial charge < -0.3 is 10.5 Å². The molecule has 2 N–H and O–H groups in total. The maximum atomic E-state index is 5.80. The van der Waals surface area contributed by atoms with Gasteiger partial charge in [0.25, 0.3) is 0 Å². The van der Waals surface area contributed by atoms with Crippen molar-refractivity contribution in [2.45, 2.75) is 19.1 Å². The Hall–Kier alpha value is 0.650. The van der Waals surface area contributed by atoms with Crippen LogP contribution in [0.3, 0.4) is 0 Å². The van der Waals surface area contributed by atoms with E-state index in [2.05, 4.69) is 22.6 Å². The molecule has 0 bridgehead atoms. The van der Waals surface area contributed by atoms with Crippen molar-refractivity contribution in [2.75, 3.05) is 11.0 Å². The highest BCUT2D eigenvalue weighted by Gasteiger charge is 2.29. The van der Waals surface area contributed by atoms with Gasteiger partial charge in [-0.25, -0.2) is 0 Å². The molecule has 0 aliphatic carbocycles. The Kier molecular flexibility index (Phi) is 2.73. The number of hydrogen-bond acceptors (Lipinski definition) is 2. The molecule has 3 atom stereocenters. The largest absolute Gasteiger partial charge is 0.377 e. The van der Waals surface area contributed by atoms with Crippen LogP contribution in [0.4, 0.5) is 0 Å². The summed E-state index contributed by atoms with van der Waals surface area (Å²) in [4.78, 5) is 0. The Morgan fingerprint density at radius 2 is 2.44 bits per heavy atom. The van der Waals surface area contributed by atoms with Gasteiger partial charge in [-0.05, 0) is 6.92 Å². The molecule has 0 spiro atoms. The second-order valence-corrected chi connectivity index (χ2v) is 3.41. The first-order valence-corrected chi connectivity index (χ1v) is 4.71. The monoisotopic (exact) mass is 241 g/mol. The van der Waals surface area contributed by atoms with Crippen LogP contribution < -0.4 is 5.73 Å². The van der Waals surface area contributed by atoms with Crippen molar-refractivity contribution >= 4 is 22.6 Å². The topological polar surface area (TPSA) is 35.2 Å². The molecule has 1 fully saturated rings. The summed E-state index contributed by atoms with van der Waals surface area (Å²) in [5, 5.41) is 0. The van der Waals surface area contributed by atoms with E-state index in [0.717, 1.165) is 11.0 Å². The van der Waals surface area contributed by atoms with Gasteiger partial charge in [-0.3, -0.25) is 0 Å². The molecule has 0 aromatic rings. The maximum Gasteiger partial charge on any atom is 0.0701 e. The Morgan fingerprint density at radius 3 is 2.67 bits per heavy atom. The van der Waals surface area contributed by atoms with Crippen LogP contribution in [0.25, 0.3) is 0 Å². The Morgan fingerprint density at radius 1 is 1.78 bits per heavy atom. The summed E-state index contributed by atoms with van der Waals surface area (Å²) in [6, 6.07) is 0.266. The zero-order valence-corrected chi connectivity index (χ0v) is 7.67. The molecule has 3 unspecified atom stereocenters. The molecule has 2 nitrogen and oxygen atoms in total. The smallest absolute Gasteiger partial charge is 0.0701 e. The van der Waals surface area contributed by atoms with E-state index >= 15 is 0 Å². The zero-order chi connectivity index (χ0) is 6.85. The molecule has 1 saturated heterocycles. The van der Waals surface area contributed by atoms with Crippen LogP contribution in [0.2, 0.25) is 0 Å². The SMILES string of the molecule is CC1OCC(CI)C1N. The molecular weight excluding hydrogens is 229 g/mol. The van der Waals surface area contributed by atoms with Crippen LogP contribution in [0, 0.1) is 5.92 Å². The minimum Gasteiger partial charge on any atom is -0.377 e. The van der Waals surface area contributed by atoms with Crippen LogP contribution in [0.5, 0.6) is 0 Å². The first-order chi connectivity index (χ1) is 4.25. The van der Waals surface area contributed by atoms with Crippen LogP contribution >= 0.6 is 22.6 Å². The van der Waals surface area contributed by atoms with E-state index in [1.54, 1.807) is 0 Å². The van der Waals surface area contributed by atoms with Gasteiger partial charge in [0.2, 0.25) is 0 Å². The summed E-state index contributed by atoms with van der Waals surface area (Å²) in [6.45, 7) is 2.89. The summed E-state index contributed by atoms with van der Waals surface area (Å²) in [7, 11) is 0. The Labute approximate surface area is 69.3 Å². The van der Waals surface area contributed by atoms with E-state index < -0.39 is 0 Å². The van der Waals surface area contributed by atoms with Crippen LogP contribution in [0.15, 0.2) is 0 Å². The predicted octanol–water partition coefficient (Wildman–Crippen LogP) is 0.784. The van der Waals surface area contributed by atoms with Gasteiger partial charge in [0, 0.05) is 16.4 Å². The molecule has 1 heterocycles. The summed E-state index contributed by atoms with van der Waals surface area (Å²) in [5.41, 5.74) is 5.80. The first kappa shape index (κ1) is 7.75. The fourth-order valence-corrected chi connectivity index (χ4v) is 1.87. The lowest BCUT2D eigenvalue weighted by Crippen LogP contribution is -2.34. The number of alkyl halides is 1. The average Bonchev–Trinajstić information content (AvgIpc) is 2.15. The first-order valence-electron chi connectivity index (χ1n) is 3.19. The third kappa shape index (κ3) is 1.56. The molecule has 0 saturated carbocycles. The fourth-order valence-electron chi connectivity index (χ4n) is 1.03. The molecule has 9 heavy (non-hydrogen) atoms. The lowest BCUT2D eigenvalue weighted by molar-refractivity contribution is 0.116. The van der Waals surface area contributed by atoms with Gasteiger partial charge in [-0.15, -0.1) is 0 Å². The Bertz CT molecular complexity index is 99.1. The molecule has 54 valence electrons. The van der Waals surface area contributed by atoms with Gasteiger partial charge in [0.05, 0.1) is 12.7 Å². The van der Waals surface area contributed by atoms with Gasteiger partial charge in [0.15, 0.2) is 0 Å². The highest BCUT2D eigenvalue weighted by atomic mass is 127. The molecule has 1 aliphatic rings. The number of nitrogens with two attached hydrogens (primary N) is 1. The number of rotatable bonds is 1. The average molecular weight is 241 g/mol. The van der Waals surface area contributed by atoms with Crippen molar-refractivity contribution in [2.24, 2.45) is 11.7 Å². The van der Waals surface area contributed by atoms with Gasteiger partial charge in [0.1, 0.15) is 0 Å². The highest BCUT2D eigenvalue weighted by molar-refractivity contribution is 14.1. The number of halogens is 1. The number of hydrogen-bond donors (Lipinski definition) is 1. The second-order valence-electron chi connectivity index (χ2n) is 2.53. The van der Waals surface area contributed by atoms with Crippen LogP contribution in [-0.4, -0.2) is 23.2 Å². The van der Waals surface area contributed by atoms with Crippen molar-refractivity contribution in [3.8, 4) is 0 Å².